The average molecular weight is 458 g/mol. The van der Waals surface area contributed by atoms with E-state index in [4.69, 9.17) is 24.0 Å². The van der Waals surface area contributed by atoms with E-state index in [-0.39, 0.29) is 12.1 Å². The van der Waals surface area contributed by atoms with Crippen molar-refractivity contribution in [2.45, 2.75) is 109 Å². The Morgan fingerprint density at radius 3 is 2.27 bits per heavy atom. The number of aromatic nitrogens is 2. The maximum Gasteiger partial charge on any atom is 0.498 e. The maximum atomic E-state index is 12.9. The largest absolute Gasteiger partial charge is 0.498 e. The SMILES string of the molecule is CC(C)(C)OC(=O)N1CCCC[C@@H]1CN(c1ncc(B2OC(C)(C)C(C)(C)O2)cn1)C1CC1. The van der Waals surface area contributed by atoms with Crippen LogP contribution in [0, 0.1) is 0 Å². The van der Waals surface area contributed by atoms with Crippen LogP contribution in [0.3, 0.4) is 0 Å². The number of amides is 1. The van der Waals surface area contributed by atoms with Gasteiger partial charge in [-0.3, -0.25) is 0 Å². The lowest BCUT2D eigenvalue weighted by molar-refractivity contribution is 0.00578. The van der Waals surface area contributed by atoms with Crippen molar-refractivity contribution in [2.24, 2.45) is 0 Å². The third-order valence-corrected chi connectivity index (χ3v) is 7.09. The molecule has 0 spiro atoms. The summed E-state index contributed by atoms with van der Waals surface area (Å²) in [5, 5.41) is 0. The summed E-state index contributed by atoms with van der Waals surface area (Å²) in [7, 11) is -0.473. The number of piperidine rings is 1. The first-order chi connectivity index (χ1) is 15.4. The molecule has 9 heteroatoms. The highest BCUT2D eigenvalue weighted by atomic mass is 16.7. The topological polar surface area (TPSA) is 77.0 Å². The van der Waals surface area contributed by atoms with E-state index in [0.717, 1.165) is 50.7 Å². The number of carbonyl (C=O) groups is 1. The second-order valence-corrected chi connectivity index (χ2v) is 11.6. The lowest BCUT2D eigenvalue weighted by Gasteiger charge is -2.39. The van der Waals surface area contributed by atoms with Crippen LogP contribution < -0.4 is 10.4 Å². The van der Waals surface area contributed by atoms with E-state index < -0.39 is 23.9 Å². The second-order valence-electron chi connectivity index (χ2n) is 11.6. The molecule has 8 nitrogen and oxygen atoms in total. The van der Waals surface area contributed by atoms with Gasteiger partial charge in [-0.1, -0.05) is 0 Å². The highest BCUT2D eigenvalue weighted by Gasteiger charge is 2.52. The normalized spacial score (nSPS) is 24.6. The van der Waals surface area contributed by atoms with Gasteiger partial charge in [-0.05, 0) is 80.6 Å². The summed E-state index contributed by atoms with van der Waals surface area (Å²) < 4.78 is 18.0. The van der Waals surface area contributed by atoms with Crippen molar-refractivity contribution >= 4 is 24.6 Å². The van der Waals surface area contributed by atoms with Gasteiger partial charge in [0.2, 0.25) is 5.95 Å². The van der Waals surface area contributed by atoms with E-state index in [0.29, 0.717) is 12.0 Å². The number of likely N-dealkylation sites (tertiary alicyclic amines) is 1. The van der Waals surface area contributed by atoms with Crippen molar-refractivity contribution in [3.05, 3.63) is 12.4 Å². The predicted molar refractivity (Wildman–Crippen MR) is 129 cm³/mol. The Kier molecular flexibility index (Phi) is 6.42. The Morgan fingerprint density at radius 1 is 1.12 bits per heavy atom. The Balaban J connectivity index is 1.47. The molecule has 3 aliphatic rings. The number of hydrogen-bond acceptors (Lipinski definition) is 7. The molecule has 0 bridgehead atoms. The molecule has 0 N–H and O–H groups in total. The first kappa shape index (κ1) is 24.3. The molecule has 33 heavy (non-hydrogen) atoms. The molecule has 4 rings (SSSR count). The van der Waals surface area contributed by atoms with E-state index in [1.807, 2.05) is 65.8 Å². The average Bonchev–Trinajstić information content (AvgIpc) is 3.52. The van der Waals surface area contributed by atoms with Crippen LogP contribution >= 0.6 is 0 Å². The summed E-state index contributed by atoms with van der Waals surface area (Å²) in [6.07, 6.45) is 8.75. The summed E-state index contributed by atoms with van der Waals surface area (Å²) in [4.78, 5) is 26.4. The van der Waals surface area contributed by atoms with E-state index in [9.17, 15) is 4.79 Å². The molecule has 182 valence electrons. The predicted octanol–water partition coefficient (Wildman–Crippen LogP) is 3.53. The first-order valence-corrected chi connectivity index (χ1v) is 12.3. The zero-order chi connectivity index (χ0) is 24.0. The molecule has 1 saturated carbocycles. The Labute approximate surface area is 198 Å². The summed E-state index contributed by atoms with van der Waals surface area (Å²) in [6.45, 7) is 15.4. The molecular weight excluding hydrogens is 419 g/mol. The first-order valence-electron chi connectivity index (χ1n) is 12.3. The van der Waals surface area contributed by atoms with E-state index >= 15 is 0 Å². The van der Waals surface area contributed by atoms with Crippen LogP contribution in [0.2, 0.25) is 0 Å². The van der Waals surface area contributed by atoms with Gasteiger partial charge >= 0.3 is 13.2 Å². The molecule has 1 aromatic rings. The minimum Gasteiger partial charge on any atom is -0.444 e. The van der Waals surface area contributed by atoms with Crippen LogP contribution in [0.1, 0.15) is 80.6 Å². The van der Waals surface area contributed by atoms with Gasteiger partial charge in [0, 0.05) is 37.0 Å². The number of nitrogens with zero attached hydrogens (tertiary/aromatic N) is 4. The third kappa shape index (κ3) is 5.45. The van der Waals surface area contributed by atoms with Crippen molar-refractivity contribution in [3.8, 4) is 0 Å². The molecular formula is C24H39BN4O4. The van der Waals surface area contributed by atoms with E-state index in [1.54, 1.807) is 0 Å². The van der Waals surface area contributed by atoms with Gasteiger partial charge in [-0.2, -0.15) is 0 Å². The minimum atomic E-state index is -0.498. The molecule has 3 heterocycles. The lowest BCUT2D eigenvalue weighted by atomic mass is 9.81. The standard InChI is InChI=1S/C24H39BN4O4/c1-22(2,3)31-21(30)28-13-9-8-10-19(28)16-29(18-11-12-18)20-26-14-17(15-27-20)25-32-23(4,5)24(6,7)33-25/h14-15,18-19H,8-13,16H2,1-7H3/t19-/m1/s1. The molecule has 0 radical (unpaired) electrons. The summed E-state index contributed by atoms with van der Waals surface area (Å²) in [5.74, 6) is 0.701. The smallest absolute Gasteiger partial charge is 0.444 e. The van der Waals surface area contributed by atoms with Gasteiger partial charge in [-0.25, -0.2) is 14.8 Å². The Hall–Kier alpha value is -1.87. The number of rotatable bonds is 5. The van der Waals surface area contributed by atoms with Crippen LogP contribution in [-0.4, -0.2) is 70.1 Å². The molecule has 3 fully saturated rings. The van der Waals surface area contributed by atoms with Crippen molar-refractivity contribution < 1.29 is 18.8 Å². The van der Waals surface area contributed by atoms with Gasteiger partial charge in [0.05, 0.1) is 17.2 Å². The van der Waals surface area contributed by atoms with E-state index in [1.165, 1.54) is 0 Å². The lowest BCUT2D eigenvalue weighted by Crippen LogP contribution is -2.51. The van der Waals surface area contributed by atoms with Gasteiger partial charge in [0.1, 0.15) is 5.60 Å². The summed E-state index contributed by atoms with van der Waals surface area (Å²) >= 11 is 0. The van der Waals surface area contributed by atoms with Crippen LogP contribution in [0.5, 0.6) is 0 Å². The van der Waals surface area contributed by atoms with Gasteiger partial charge in [-0.15, -0.1) is 0 Å². The number of ether oxygens (including phenoxy) is 1. The zero-order valence-corrected chi connectivity index (χ0v) is 21.3. The van der Waals surface area contributed by atoms with Crippen LogP contribution in [-0.2, 0) is 14.0 Å². The molecule has 1 atom stereocenters. The minimum absolute atomic E-state index is 0.0978. The van der Waals surface area contributed by atoms with Crippen molar-refractivity contribution in [2.75, 3.05) is 18.0 Å². The van der Waals surface area contributed by atoms with Crippen molar-refractivity contribution in [1.82, 2.24) is 14.9 Å². The highest BCUT2D eigenvalue weighted by Crippen LogP contribution is 2.36. The fraction of sp³-hybridized carbons (Fsp3) is 0.792. The van der Waals surface area contributed by atoms with Gasteiger partial charge < -0.3 is 23.8 Å². The maximum absolute atomic E-state index is 12.9. The molecule has 1 aromatic heterocycles. The van der Waals surface area contributed by atoms with Gasteiger partial charge in [0.25, 0.3) is 0 Å². The second kappa shape index (κ2) is 8.73. The quantitative estimate of drug-likeness (QED) is 0.625. The number of anilines is 1. The summed E-state index contributed by atoms with van der Waals surface area (Å²) in [6, 6.07) is 0.524. The molecule has 2 aliphatic heterocycles. The zero-order valence-electron chi connectivity index (χ0n) is 21.3. The van der Waals surface area contributed by atoms with Crippen LogP contribution in [0.4, 0.5) is 10.7 Å². The Bertz CT molecular complexity index is 835. The number of carbonyl (C=O) groups excluding carboxylic acids is 1. The molecule has 2 saturated heterocycles. The van der Waals surface area contributed by atoms with Crippen LogP contribution in [0.25, 0.3) is 0 Å². The third-order valence-electron chi connectivity index (χ3n) is 7.09. The van der Waals surface area contributed by atoms with Crippen molar-refractivity contribution in [1.29, 1.82) is 0 Å². The molecule has 1 aliphatic carbocycles. The molecule has 1 amide bonds. The molecule has 0 unspecified atom stereocenters. The highest BCUT2D eigenvalue weighted by molar-refractivity contribution is 6.61. The van der Waals surface area contributed by atoms with E-state index in [2.05, 4.69) is 4.90 Å². The Morgan fingerprint density at radius 2 is 1.73 bits per heavy atom. The fourth-order valence-corrected chi connectivity index (χ4v) is 4.34. The van der Waals surface area contributed by atoms with Crippen molar-refractivity contribution in [3.63, 3.8) is 0 Å². The molecule has 0 aromatic carbocycles. The summed E-state index contributed by atoms with van der Waals surface area (Å²) in [5.41, 5.74) is -0.478. The monoisotopic (exact) mass is 458 g/mol. The van der Waals surface area contributed by atoms with Gasteiger partial charge in [0.15, 0.2) is 0 Å². The fourth-order valence-electron chi connectivity index (χ4n) is 4.34. The van der Waals surface area contributed by atoms with Crippen LogP contribution in [0.15, 0.2) is 12.4 Å². The number of hydrogen-bond donors (Lipinski definition) is 0.